The minimum Gasteiger partial charge on any atom is -0.251 e. The highest BCUT2D eigenvalue weighted by Gasteiger charge is 2.38. The first-order valence-corrected chi connectivity index (χ1v) is 4.83. The van der Waals surface area contributed by atoms with E-state index in [-0.39, 0.29) is 0 Å². The first-order valence-electron chi connectivity index (χ1n) is 4.83. The highest BCUT2D eigenvalue weighted by molar-refractivity contribution is 4.88. The van der Waals surface area contributed by atoms with Gasteiger partial charge in [0.2, 0.25) is 0 Å². The van der Waals surface area contributed by atoms with Crippen LogP contribution < -0.4 is 0 Å². The van der Waals surface area contributed by atoms with Gasteiger partial charge in [-0.05, 0) is 31.6 Å². The zero-order valence-corrected chi connectivity index (χ0v) is 7.95. The lowest BCUT2D eigenvalue weighted by atomic mass is 9.75. The Morgan fingerprint density at radius 2 is 1.92 bits per heavy atom. The highest BCUT2D eigenvalue weighted by atomic mass is 19.1. The van der Waals surface area contributed by atoms with Gasteiger partial charge in [0, 0.05) is 5.92 Å². The van der Waals surface area contributed by atoms with E-state index >= 15 is 0 Å². The minimum atomic E-state index is -1.21. The Kier molecular flexibility index (Phi) is 3.08. The molecule has 0 amide bonds. The van der Waals surface area contributed by atoms with E-state index in [0.717, 1.165) is 12.8 Å². The van der Waals surface area contributed by atoms with Crippen molar-refractivity contribution in [2.45, 2.75) is 45.2 Å². The lowest BCUT2D eigenvalue weighted by Crippen LogP contribution is -2.36. The predicted molar refractivity (Wildman–Crippen MR) is 46.6 cm³/mol. The molecule has 1 aliphatic rings. The van der Waals surface area contributed by atoms with Gasteiger partial charge in [0.05, 0.1) is 6.67 Å². The Labute approximate surface area is 73.3 Å². The van der Waals surface area contributed by atoms with Gasteiger partial charge in [0.1, 0.15) is 5.67 Å². The van der Waals surface area contributed by atoms with Crippen LogP contribution in [0.2, 0.25) is 0 Å². The first-order chi connectivity index (χ1) is 5.58. The van der Waals surface area contributed by atoms with Crippen LogP contribution in [0.25, 0.3) is 0 Å². The second-order valence-corrected chi connectivity index (χ2v) is 4.27. The molecule has 0 aromatic rings. The molecule has 0 heterocycles. The van der Waals surface area contributed by atoms with Gasteiger partial charge >= 0.3 is 0 Å². The van der Waals surface area contributed by atoms with Crippen LogP contribution in [0.15, 0.2) is 0 Å². The monoisotopic (exact) mass is 176 g/mol. The molecule has 1 aliphatic carbocycles. The maximum atomic E-state index is 13.9. The van der Waals surface area contributed by atoms with Crippen LogP contribution in [0.3, 0.4) is 0 Å². The quantitative estimate of drug-likeness (QED) is 0.604. The molecule has 1 fully saturated rings. The Hall–Kier alpha value is -0.140. The van der Waals surface area contributed by atoms with Gasteiger partial charge in [-0.1, -0.05) is 13.8 Å². The van der Waals surface area contributed by atoms with Crippen LogP contribution >= 0.6 is 0 Å². The van der Waals surface area contributed by atoms with Crippen LogP contribution in [0.4, 0.5) is 8.78 Å². The molecule has 0 nitrogen and oxygen atoms in total. The Morgan fingerprint density at radius 1 is 1.42 bits per heavy atom. The van der Waals surface area contributed by atoms with Crippen molar-refractivity contribution in [2.24, 2.45) is 11.8 Å². The predicted octanol–water partition coefficient (Wildman–Crippen LogP) is 3.51. The lowest BCUT2D eigenvalue weighted by molar-refractivity contribution is 0.0220. The molecular formula is C10H18F2. The summed E-state index contributed by atoms with van der Waals surface area (Å²) in [7, 11) is 0. The van der Waals surface area contributed by atoms with E-state index in [4.69, 9.17) is 0 Å². The Bertz CT molecular complexity index is 137. The van der Waals surface area contributed by atoms with Crippen molar-refractivity contribution in [3.05, 3.63) is 0 Å². The summed E-state index contributed by atoms with van der Waals surface area (Å²) in [5.74, 6) is 0.214. The molecule has 2 heteroatoms. The average molecular weight is 176 g/mol. The summed E-state index contributed by atoms with van der Waals surface area (Å²) in [6.07, 6.45) is 2.94. The van der Waals surface area contributed by atoms with Crippen LogP contribution in [0, 0.1) is 11.8 Å². The summed E-state index contributed by atoms with van der Waals surface area (Å²) < 4.78 is 26.2. The molecule has 0 radical (unpaired) electrons. The topological polar surface area (TPSA) is 0 Å². The number of alkyl halides is 2. The van der Waals surface area contributed by atoms with Crippen LogP contribution in [0.5, 0.6) is 0 Å². The van der Waals surface area contributed by atoms with Crippen molar-refractivity contribution in [1.82, 2.24) is 0 Å². The molecular weight excluding hydrogens is 158 g/mol. The molecule has 0 aromatic heterocycles. The van der Waals surface area contributed by atoms with Crippen LogP contribution in [0.1, 0.15) is 39.5 Å². The molecule has 1 atom stereocenters. The third-order valence-corrected chi connectivity index (χ3v) is 3.22. The summed E-state index contributed by atoms with van der Waals surface area (Å²) in [6, 6.07) is 0. The first kappa shape index (κ1) is 9.94. The third kappa shape index (κ3) is 1.96. The summed E-state index contributed by atoms with van der Waals surface area (Å²) >= 11 is 0. The molecule has 1 saturated carbocycles. The smallest absolute Gasteiger partial charge is 0.116 e. The summed E-state index contributed by atoms with van der Waals surface area (Å²) in [6.45, 7) is 3.29. The molecule has 0 aromatic carbocycles. The van der Waals surface area contributed by atoms with Crippen molar-refractivity contribution in [1.29, 1.82) is 0 Å². The standard InChI is InChI=1S/C10H18F2/c1-8-3-5-10(12,6-4-8)9(2)7-11/h8-9H,3-7H2,1-2H3. The molecule has 0 bridgehead atoms. The molecule has 0 spiro atoms. The number of halogens is 2. The number of hydrogen-bond acceptors (Lipinski definition) is 0. The van der Waals surface area contributed by atoms with Gasteiger partial charge in [-0.2, -0.15) is 0 Å². The molecule has 12 heavy (non-hydrogen) atoms. The van der Waals surface area contributed by atoms with E-state index in [0.29, 0.717) is 18.8 Å². The SMILES string of the molecule is CC1CCC(F)(C(C)CF)CC1. The minimum absolute atomic E-state index is 0.412. The Morgan fingerprint density at radius 3 is 2.33 bits per heavy atom. The molecule has 0 N–H and O–H groups in total. The van der Waals surface area contributed by atoms with Gasteiger partial charge in [-0.3, -0.25) is 4.39 Å². The highest BCUT2D eigenvalue weighted by Crippen LogP contribution is 2.40. The molecule has 0 aliphatic heterocycles. The Balaban J connectivity index is 2.49. The second kappa shape index (κ2) is 3.71. The summed E-state index contributed by atoms with van der Waals surface area (Å²) in [4.78, 5) is 0. The molecule has 72 valence electrons. The zero-order chi connectivity index (χ0) is 9.19. The van der Waals surface area contributed by atoms with E-state index in [1.165, 1.54) is 0 Å². The number of hydrogen-bond donors (Lipinski definition) is 0. The molecule has 1 rings (SSSR count). The van der Waals surface area contributed by atoms with Crippen molar-refractivity contribution in [3.8, 4) is 0 Å². The van der Waals surface area contributed by atoms with Crippen molar-refractivity contribution < 1.29 is 8.78 Å². The van der Waals surface area contributed by atoms with Crippen molar-refractivity contribution >= 4 is 0 Å². The van der Waals surface area contributed by atoms with E-state index in [1.807, 2.05) is 0 Å². The summed E-state index contributed by atoms with van der Waals surface area (Å²) in [5.41, 5.74) is -1.21. The van der Waals surface area contributed by atoms with E-state index in [9.17, 15) is 8.78 Å². The lowest BCUT2D eigenvalue weighted by Gasteiger charge is -2.36. The number of rotatable bonds is 2. The van der Waals surface area contributed by atoms with Gasteiger partial charge < -0.3 is 0 Å². The van der Waals surface area contributed by atoms with Gasteiger partial charge in [0.25, 0.3) is 0 Å². The maximum absolute atomic E-state index is 13.9. The van der Waals surface area contributed by atoms with E-state index in [1.54, 1.807) is 6.92 Å². The van der Waals surface area contributed by atoms with Crippen LogP contribution in [-0.4, -0.2) is 12.3 Å². The summed E-state index contributed by atoms with van der Waals surface area (Å²) in [5, 5.41) is 0. The van der Waals surface area contributed by atoms with E-state index < -0.39 is 18.3 Å². The van der Waals surface area contributed by atoms with Gasteiger partial charge in [-0.15, -0.1) is 0 Å². The fourth-order valence-corrected chi connectivity index (χ4v) is 1.87. The van der Waals surface area contributed by atoms with Gasteiger partial charge in [0.15, 0.2) is 0 Å². The maximum Gasteiger partial charge on any atom is 0.116 e. The van der Waals surface area contributed by atoms with Crippen molar-refractivity contribution in [3.63, 3.8) is 0 Å². The van der Waals surface area contributed by atoms with Crippen LogP contribution in [-0.2, 0) is 0 Å². The van der Waals surface area contributed by atoms with Gasteiger partial charge in [-0.25, -0.2) is 4.39 Å². The zero-order valence-electron chi connectivity index (χ0n) is 7.95. The van der Waals surface area contributed by atoms with E-state index in [2.05, 4.69) is 6.92 Å². The van der Waals surface area contributed by atoms with Crippen molar-refractivity contribution in [2.75, 3.05) is 6.67 Å². The normalized spacial score (nSPS) is 39.5. The molecule has 0 saturated heterocycles. The largest absolute Gasteiger partial charge is 0.251 e. The third-order valence-electron chi connectivity index (χ3n) is 3.22. The molecule has 1 unspecified atom stereocenters. The fourth-order valence-electron chi connectivity index (χ4n) is 1.87. The average Bonchev–Trinajstić information content (AvgIpc) is 2.09. The second-order valence-electron chi connectivity index (χ2n) is 4.27. The fraction of sp³-hybridized carbons (Fsp3) is 1.00.